The molecule has 0 bridgehead atoms. The Labute approximate surface area is 164 Å². The molecular formula is C18H19F3N6O2. The van der Waals surface area contributed by atoms with Crippen LogP contribution in [0.15, 0.2) is 16.6 Å². The fourth-order valence-electron chi connectivity index (χ4n) is 4.20. The lowest BCUT2D eigenvalue weighted by atomic mass is 9.81. The first-order chi connectivity index (χ1) is 13.7. The van der Waals surface area contributed by atoms with E-state index >= 15 is 0 Å². The molecule has 0 radical (unpaired) electrons. The Bertz CT molecular complexity index is 936. The number of halogens is 3. The number of hydrogen-bond donors (Lipinski definition) is 3. The van der Waals surface area contributed by atoms with Crippen LogP contribution in [0.3, 0.4) is 0 Å². The van der Waals surface area contributed by atoms with Gasteiger partial charge in [0.2, 0.25) is 5.91 Å². The summed E-state index contributed by atoms with van der Waals surface area (Å²) >= 11 is 0. The molecule has 3 aliphatic rings. The Kier molecular flexibility index (Phi) is 4.61. The van der Waals surface area contributed by atoms with Crippen molar-refractivity contribution in [2.75, 3.05) is 25.0 Å². The molecule has 1 saturated heterocycles. The Morgan fingerprint density at radius 2 is 2.07 bits per heavy atom. The van der Waals surface area contributed by atoms with Gasteiger partial charge in [0.15, 0.2) is 11.4 Å². The van der Waals surface area contributed by atoms with E-state index < -0.39 is 29.7 Å². The summed E-state index contributed by atoms with van der Waals surface area (Å²) in [5, 5.41) is 28.4. The number of aromatic nitrogens is 2. The number of dihydropyridines is 1. The SMILES string of the molecule is N#CC1=CCCN=C1N1CCC(c2[nH]nc3c2C(O)(C(F)(F)F)CC(=O)N3)CC1. The number of piperidine rings is 1. The van der Waals surface area contributed by atoms with Crippen molar-refractivity contribution in [3.05, 3.63) is 22.9 Å². The van der Waals surface area contributed by atoms with E-state index in [2.05, 4.69) is 26.6 Å². The van der Waals surface area contributed by atoms with Crippen molar-refractivity contribution < 1.29 is 23.1 Å². The number of H-pyrrole nitrogens is 1. The fourth-order valence-corrected chi connectivity index (χ4v) is 4.20. The zero-order valence-corrected chi connectivity index (χ0v) is 15.4. The number of amidine groups is 1. The molecule has 1 unspecified atom stereocenters. The van der Waals surface area contributed by atoms with Crippen molar-refractivity contribution in [1.82, 2.24) is 15.1 Å². The number of aliphatic imine (C=N–C) groups is 1. The second-order valence-corrected chi connectivity index (χ2v) is 7.43. The number of aromatic amines is 1. The summed E-state index contributed by atoms with van der Waals surface area (Å²) in [6.07, 6.45) is -2.57. The minimum Gasteiger partial charge on any atom is -0.376 e. The van der Waals surface area contributed by atoms with Gasteiger partial charge in [-0.2, -0.15) is 23.5 Å². The third-order valence-corrected chi connectivity index (χ3v) is 5.65. The Hall–Kier alpha value is -2.87. The topological polar surface area (TPSA) is 117 Å². The number of anilines is 1. The molecule has 3 aliphatic heterocycles. The van der Waals surface area contributed by atoms with Gasteiger partial charge in [0.25, 0.3) is 0 Å². The fraction of sp³-hybridized carbons (Fsp3) is 0.556. The third kappa shape index (κ3) is 3.17. The number of amides is 1. The molecule has 0 saturated carbocycles. The van der Waals surface area contributed by atoms with Crippen LogP contribution in [0.25, 0.3) is 0 Å². The molecule has 1 atom stereocenters. The maximum atomic E-state index is 13.7. The van der Waals surface area contributed by atoms with E-state index in [0.717, 1.165) is 0 Å². The second kappa shape index (κ2) is 6.88. The van der Waals surface area contributed by atoms with E-state index in [1.807, 2.05) is 11.0 Å². The zero-order chi connectivity index (χ0) is 20.8. The van der Waals surface area contributed by atoms with Gasteiger partial charge >= 0.3 is 6.18 Å². The second-order valence-electron chi connectivity index (χ2n) is 7.43. The highest BCUT2D eigenvalue weighted by Crippen LogP contribution is 2.49. The van der Waals surface area contributed by atoms with Crippen LogP contribution >= 0.6 is 0 Å². The molecule has 8 nitrogen and oxygen atoms in total. The van der Waals surface area contributed by atoms with Gasteiger partial charge in [0.1, 0.15) is 11.9 Å². The number of aliphatic hydroxyl groups is 1. The summed E-state index contributed by atoms with van der Waals surface area (Å²) < 4.78 is 41.0. The lowest BCUT2D eigenvalue weighted by molar-refractivity contribution is -0.267. The number of alkyl halides is 3. The summed E-state index contributed by atoms with van der Waals surface area (Å²) in [7, 11) is 0. The monoisotopic (exact) mass is 408 g/mol. The number of nitriles is 1. The summed E-state index contributed by atoms with van der Waals surface area (Å²) in [5.74, 6) is -0.880. The molecule has 4 rings (SSSR count). The van der Waals surface area contributed by atoms with Crippen LogP contribution in [0.2, 0.25) is 0 Å². The quantitative estimate of drug-likeness (QED) is 0.656. The van der Waals surface area contributed by atoms with Crippen LogP contribution in [-0.2, 0) is 10.4 Å². The van der Waals surface area contributed by atoms with Crippen LogP contribution in [0, 0.1) is 11.3 Å². The number of likely N-dealkylation sites (tertiary alicyclic amines) is 1. The number of rotatable bonds is 1. The van der Waals surface area contributed by atoms with Crippen molar-refractivity contribution in [2.24, 2.45) is 4.99 Å². The predicted octanol–water partition coefficient (Wildman–Crippen LogP) is 1.93. The normalized spacial score (nSPS) is 25.6. The average Bonchev–Trinajstić information content (AvgIpc) is 3.11. The summed E-state index contributed by atoms with van der Waals surface area (Å²) in [5.41, 5.74) is -2.95. The number of nitrogens with one attached hydrogen (secondary N) is 2. The molecule has 1 amide bonds. The van der Waals surface area contributed by atoms with Gasteiger partial charge in [-0.1, -0.05) is 6.08 Å². The number of nitrogens with zero attached hydrogens (tertiary/aromatic N) is 4. The van der Waals surface area contributed by atoms with Crippen molar-refractivity contribution in [1.29, 1.82) is 5.26 Å². The molecule has 0 aliphatic carbocycles. The number of hydrogen-bond acceptors (Lipinski definition) is 6. The highest BCUT2D eigenvalue weighted by molar-refractivity contribution is 6.02. The van der Waals surface area contributed by atoms with E-state index in [1.54, 1.807) is 0 Å². The maximum absolute atomic E-state index is 13.7. The lowest BCUT2D eigenvalue weighted by Gasteiger charge is -2.37. The molecule has 1 fully saturated rings. The van der Waals surface area contributed by atoms with Crippen molar-refractivity contribution in [3.8, 4) is 6.07 Å². The molecule has 3 N–H and O–H groups in total. The van der Waals surface area contributed by atoms with Gasteiger partial charge in [-0.25, -0.2) is 0 Å². The molecule has 1 aromatic rings. The smallest absolute Gasteiger partial charge is 0.376 e. The molecule has 0 aromatic carbocycles. The summed E-state index contributed by atoms with van der Waals surface area (Å²) in [4.78, 5) is 18.1. The van der Waals surface area contributed by atoms with Crippen LogP contribution < -0.4 is 5.32 Å². The van der Waals surface area contributed by atoms with Gasteiger partial charge < -0.3 is 15.3 Å². The Morgan fingerprint density at radius 3 is 2.72 bits per heavy atom. The number of carbonyl (C=O) groups excluding carboxylic acids is 1. The van der Waals surface area contributed by atoms with Crippen LogP contribution in [0.5, 0.6) is 0 Å². The maximum Gasteiger partial charge on any atom is 0.422 e. The van der Waals surface area contributed by atoms with E-state index in [4.69, 9.17) is 0 Å². The Balaban J connectivity index is 1.58. The van der Waals surface area contributed by atoms with Gasteiger partial charge in [0, 0.05) is 31.2 Å². The van der Waals surface area contributed by atoms with E-state index in [9.17, 15) is 28.3 Å². The molecule has 0 spiro atoms. The van der Waals surface area contributed by atoms with E-state index in [1.165, 1.54) is 0 Å². The first kappa shape index (κ1) is 19.4. The van der Waals surface area contributed by atoms with Gasteiger partial charge in [0.05, 0.1) is 17.6 Å². The zero-order valence-electron chi connectivity index (χ0n) is 15.4. The number of fused-ring (bicyclic) bond motifs is 1. The third-order valence-electron chi connectivity index (χ3n) is 5.65. The summed E-state index contributed by atoms with van der Waals surface area (Å²) in [6.45, 7) is 1.62. The highest BCUT2D eigenvalue weighted by atomic mass is 19.4. The van der Waals surface area contributed by atoms with Crippen molar-refractivity contribution in [3.63, 3.8) is 0 Å². The van der Waals surface area contributed by atoms with Gasteiger partial charge in [-0.3, -0.25) is 14.9 Å². The lowest BCUT2D eigenvalue weighted by Crippen LogP contribution is -2.49. The van der Waals surface area contributed by atoms with Crippen LogP contribution in [0.4, 0.5) is 19.0 Å². The average molecular weight is 408 g/mol. The first-order valence-electron chi connectivity index (χ1n) is 9.32. The largest absolute Gasteiger partial charge is 0.422 e. The van der Waals surface area contributed by atoms with Gasteiger partial charge in [-0.15, -0.1) is 0 Å². The molecular weight excluding hydrogens is 389 g/mol. The van der Waals surface area contributed by atoms with Crippen LogP contribution in [0.1, 0.15) is 42.9 Å². The highest BCUT2D eigenvalue weighted by Gasteiger charge is 2.61. The van der Waals surface area contributed by atoms with E-state index in [0.29, 0.717) is 50.3 Å². The van der Waals surface area contributed by atoms with E-state index in [-0.39, 0.29) is 17.4 Å². The molecule has 1 aromatic heterocycles. The standard InChI is InChI=1S/C18H19F3N6O2/c19-18(20,21)17(29)8-12(28)24-15-13(17)14(25-26-15)10-3-6-27(7-4-10)16-11(9-22)2-1-5-23-16/h2,10,29H,1,3-8H2,(H2,24,25,26,28). The molecule has 154 valence electrons. The van der Waals surface area contributed by atoms with Crippen molar-refractivity contribution >= 4 is 17.6 Å². The first-order valence-corrected chi connectivity index (χ1v) is 9.32. The van der Waals surface area contributed by atoms with Crippen LogP contribution in [-0.4, -0.2) is 57.8 Å². The number of carbonyl (C=O) groups is 1. The predicted molar refractivity (Wildman–Crippen MR) is 95.9 cm³/mol. The Morgan fingerprint density at radius 1 is 1.34 bits per heavy atom. The minimum absolute atomic E-state index is 0.195. The molecule has 4 heterocycles. The molecule has 29 heavy (non-hydrogen) atoms. The minimum atomic E-state index is -5.01. The summed E-state index contributed by atoms with van der Waals surface area (Å²) in [6, 6.07) is 2.14. The van der Waals surface area contributed by atoms with Crippen molar-refractivity contribution in [2.45, 2.75) is 43.4 Å². The molecule has 11 heteroatoms. The van der Waals surface area contributed by atoms with Gasteiger partial charge in [-0.05, 0) is 19.3 Å².